The molecular formula is C32H38O6. The molecule has 0 amide bonds. The lowest BCUT2D eigenvalue weighted by Crippen LogP contribution is -2.03. The predicted octanol–water partition coefficient (Wildman–Crippen LogP) is 6.51. The number of benzene rings is 3. The quantitative estimate of drug-likeness (QED) is 0.147. The lowest BCUT2D eigenvalue weighted by Gasteiger charge is -2.19. The average molecular weight is 519 g/mol. The zero-order valence-corrected chi connectivity index (χ0v) is 21.9. The molecule has 0 heterocycles. The first-order valence-corrected chi connectivity index (χ1v) is 13.5. The van der Waals surface area contributed by atoms with Crippen LogP contribution < -0.4 is 9.47 Å². The minimum atomic E-state index is 0.205. The second-order valence-electron chi connectivity index (χ2n) is 9.30. The van der Waals surface area contributed by atoms with Gasteiger partial charge in [0.1, 0.15) is 24.1 Å². The van der Waals surface area contributed by atoms with Crippen molar-refractivity contribution in [1.82, 2.24) is 0 Å². The number of aliphatic hydroxyl groups excluding tert-OH is 2. The van der Waals surface area contributed by atoms with Crippen LogP contribution in [0.2, 0.25) is 0 Å². The molecule has 0 aliphatic carbocycles. The Morgan fingerprint density at radius 2 is 0.895 bits per heavy atom. The maximum Gasteiger partial charge on any atom is 0.150 e. The van der Waals surface area contributed by atoms with E-state index >= 15 is 0 Å². The van der Waals surface area contributed by atoms with E-state index in [9.17, 15) is 9.59 Å². The standard InChI is InChI=1S/C32H38O6/c33-17-5-1-3-7-19-37-31-21-30(28-15-11-26(24-36)12-16-28)32(38-20-8-4-2-6-18-34)22-29(31)27-13-9-25(23-35)10-14-27/h9-16,21-24,33-34H,1-8,17-20H2. The first-order valence-electron chi connectivity index (χ1n) is 13.5. The van der Waals surface area contributed by atoms with Crippen molar-refractivity contribution < 1.29 is 29.3 Å². The molecule has 0 fully saturated rings. The first-order chi connectivity index (χ1) is 18.7. The van der Waals surface area contributed by atoms with Crippen molar-refractivity contribution >= 4 is 12.6 Å². The van der Waals surface area contributed by atoms with Gasteiger partial charge in [-0.15, -0.1) is 0 Å². The number of aldehydes is 2. The molecule has 0 aromatic heterocycles. The van der Waals surface area contributed by atoms with Crippen LogP contribution in [0, 0.1) is 0 Å². The molecule has 3 aromatic carbocycles. The number of rotatable bonds is 18. The van der Waals surface area contributed by atoms with Crippen LogP contribution in [0.15, 0.2) is 60.7 Å². The lowest BCUT2D eigenvalue weighted by molar-refractivity contribution is 0.111. The van der Waals surface area contributed by atoms with Crippen molar-refractivity contribution in [2.24, 2.45) is 0 Å². The van der Waals surface area contributed by atoms with Gasteiger partial charge >= 0.3 is 0 Å². The fourth-order valence-electron chi connectivity index (χ4n) is 4.23. The minimum Gasteiger partial charge on any atom is -0.493 e. The summed E-state index contributed by atoms with van der Waals surface area (Å²) < 4.78 is 12.6. The maximum absolute atomic E-state index is 11.2. The summed E-state index contributed by atoms with van der Waals surface area (Å²) in [5, 5.41) is 18.0. The SMILES string of the molecule is O=Cc1ccc(-c2cc(OCCCCCCO)c(-c3ccc(C=O)cc3)cc2OCCCCCCO)cc1. The Morgan fingerprint density at radius 3 is 1.24 bits per heavy atom. The number of hydrogen-bond donors (Lipinski definition) is 2. The first kappa shape index (κ1) is 29.1. The summed E-state index contributed by atoms with van der Waals surface area (Å²) in [5.74, 6) is 1.44. The molecule has 38 heavy (non-hydrogen) atoms. The van der Waals surface area contributed by atoms with Gasteiger partial charge in [-0.1, -0.05) is 61.4 Å². The van der Waals surface area contributed by atoms with Crippen molar-refractivity contribution in [2.45, 2.75) is 51.4 Å². The zero-order chi connectivity index (χ0) is 27.0. The second-order valence-corrected chi connectivity index (χ2v) is 9.30. The van der Waals surface area contributed by atoms with E-state index in [1.807, 2.05) is 36.4 Å². The highest BCUT2D eigenvalue weighted by atomic mass is 16.5. The fourth-order valence-corrected chi connectivity index (χ4v) is 4.23. The summed E-state index contributed by atoms with van der Waals surface area (Å²) in [6.45, 7) is 1.49. The molecular weight excluding hydrogens is 480 g/mol. The van der Waals surface area contributed by atoms with Gasteiger partial charge in [0.25, 0.3) is 0 Å². The van der Waals surface area contributed by atoms with Crippen LogP contribution in [0.5, 0.6) is 11.5 Å². The third-order valence-corrected chi connectivity index (χ3v) is 6.42. The van der Waals surface area contributed by atoms with E-state index in [1.165, 1.54) is 0 Å². The topological polar surface area (TPSA) is 93.1 Å². The van der Waals surface area contributed by atoms with E-state index in [4.69, 9.17) is 19.7 Å². The Morgan fingerprint density at radius 1 is 0.526 bits per heavy atom. The third kappa shape index (κ3) is 8.82. The molecule has 6 heteroatoms. The molecule has 0 aliphatic heterocycles. The molecule has 3 rings (SSSR count). The third-order valence-electron chi connectivity index (χ3n) is 6.42. The number of unbranched alkanes of at least 4 members (excludes halogenated alkanes) is 6. The van der Waals surface area contributed by atoms with Crippen LogP contribution in [0.1, 0.15) is 72.1 Å². The van der Waals surface area contributed by atoms with Crippen molar-refractivity contribution in [3.05, 3.63) is 71.8 Å². The molecule has 0 saturated heterocycles. The average Bonchev–Trinajstić information content (AvgIpc) is 2.97. The van der Waals surface area contributed by atoms with Crippen LogP contribution in [0.4, 0.5) is 0 Å². The number of carbonyl (C=O) groups excluding carboxylic acids is 2. The van der Waals surface area contributed by atoms with Gasteiger partial charge in [0.2, 0.25) is 0 Å². The Hall–Kier alpha value is -3.48. The molecule has 0 spiro atoms. The van der Waals surface area contributed by atoms with E-state index in [-0.39, 0.29) is 13.2 Å². The van der Waals surface area contributed by atoms with Crippen LogP contribution in [-0.2, 0) is 0 Å². The highest BCUT2D eigenvalue weighted by molar-refractivity contribution is 5.84. The molecule has 6 nitrogen and oxygen atoms in total. The number of hydrogen-bond acceptors (Lipinski definition) is 6. The van der Waals surface area contributed by atoms with E-state index in [2.05, 4.69) is 0 Å². The summed E-state index contributed by atoms with van der Waals surface area (Å²) >= 11 is 0. The van der Waals surface area contributed by atoms with E-state index in [0.717, 1.165) is 97.7 Å². The van der Waals surface area contributed by atoms with Gasteiger partial charge in [-0.25, -0.2) is 0 Å². The van der Waals surface area contributed by atoms with Gasteiger partial charge in [-0.05, 0) is 61.8 Å². The summed E-state index contributed by atoms with van der Waals surface area (Å²) in [5.41, 5.74) is 4.79. The number of carbonyl (C=O) groups is 2. The van der Waals surface area contributed by atoms with E-state index in [1.54, 1.807) is 24.3 Å². The molecule has 202 valence electrons. The summed E-state index contributed by atoms with van der Waals surface area (Å²) in [4.78, 5) is 22.4. The van der Waals surface area contributed by atoms with Gasteiger partial charge < -0.3 is 19.7 Å². The molecule has 3 aromatic rings. The molecule has 0 atom stereocenters. The second kappa shape index (κ2) is 16.4. The lowest BCUT2D eigenvalue weighted by atomic mass is 9.96. The van der Waals surface area contributed by atoms with Gasteiger partial charge in [-0.3, -0.25) is 9.59 Å². The largest absolute Gasteiger partial charge is 0.493 e. The Labute approximate surface area is 225 Å². The van der Waals surface area contributed by atoms with Crippen molar-refractivity contribution in [3.8, 4) is 33.8 Å². The molecule has 0 saturated carbocycles. The Kier molecular flexibility index (Phi) is 12.5. The molecule has 0 unspecified atom stereocenters. The van der Waals surface area contributed by atoms with Gasteiger partial charge in [0.05, 0.1) is 13.2 Å². The highest BCUT2D eigenvalue weighted by Crippen LogP contribution is 2.41. The molecule has 0 aliphatic rings. The molecule has 2 N–H and O–H groups in total. The van der Waals surface area contributed by atoms with Crippen LogP contribution in [0.25, 0.3) is 22.3 Å². The summed E-state index contributed by atoms with van der Waals surface area (Å²) in [7, 11) is 0. The van der Waals surface area contributed by atoms with Gasteiger partial charge in [-0.2, -0.15) is 0 Å². The predicted molar refractivity (Wildman–Crippen MR) is 150 cm³/mol. The Bertz CT molecular complexity index is 1030. The number of aliphatic hydroxyl groups is 2. The minimum absolute atomic E-state index is 0.205. The van der Waals surface area contributed by atoms with Crippen LogP contribution in [0.3, 0.4) is 0 Å². The van der Waals surface area contributed by atoms with Gasteiger partial charge in [0, 0.05) is 35.5 Å². The zero-order valence-electron chi connectivity index (χ0n) is 21.9. The van der Waals surface area contributed by atoms with Gasteiger partial charge in [0.15, 0.2) is 0 Å². The normalized spacial score (nSPS) is 10.8. The monoisotopic (exact) mass is 518 g/mol. The van der Waals surface area contributed by atoms with E-state index < -0.39 is 0 Å². The van der Waals surface area contributed by atoms with Crippen molar-refractivity contribution in [3.63, 3.8) is 0 Å². The molecule has 0 bridgehead atoms. The maximum atomic E-state index is 11.2. The van der Waals surface area contributed by atoms with Crippen LogP contribution in [-0.4, -0.2) is 49.2 Å². The molecule has 0 radical (unpaired) electrons. The van der Waals surface area contributed by atoms with E-state index in [0.29, 0.717) is 24.3 Å². The number of ether oxygens (including phenoxy) is 2. The van der Waals surface area contributed by atoms with Crippen molar-refractivity contribution in [1.29, 1.82) is 0 Å². The summed E-state index contributed by atoms with van der Waals surface area (Å²) in [6.07, 6.45) is 8.85. The van der Waals surface area contributed by atoms with Crippen LogP contribution >= 0.6 is 0 Å². The highest BCUT2D eigenvalue weighted by Gasteiger charge is 2.16. The summed E-state index contributed by atoms with van der Waals surface area (Å²) in [6, 6.07) is 18.8. The van der Waals surface area contributed by atoms with Crippen molar-refractivity contribution in [2.75, 3.05) is 26.4 Å². The smallest absolute Gasteiger partial charge is 0.150 e. The fraction of sp³-hybridized carbons (Fsp3) is 0.375. The Balaban J connectivity index is 1.95.